The van der Waals surface area contributed by atoms with E-state index < -0.39 is 6.04 Å². The lowest BCUT2D eigenvalue weighted by Crippen LogP contribution is -2.42. The third kappa shape index (κ3) is 5.51. The Morgan fingerprint density at radius 3 is 2.41 bits per heavy atom. The number of aryl methyl sites for hydroxylation is 1. The van der Waals surface area contributed by atoms with Crippen molar-refractivity contribution in [2.45, 2.75) is 25.8 Å². The highest BCUT2D eigenvalue weighted by Crippen LogP contribution is 2.07. The molecule has 118 valence electrons. The van der Waals surface area contributed by atoms with Gasteiger partial charge >= 0.3 is 0 Å². The van der Waals surface area contributed by atoms with Crippen LogP contribution in [-0.4, -0.2) is 18.5 Å². The van der Waals surface area contributed by atoms with Gasteiger partial charge in [-0.15, -0.1) is 12.4 Å². The summed E-state index contributed by atoms with van der Waals surface area (Å²) in [5.74, 6) is -0.0903. The first kappa shape index (κ1) is 18.2. The van der Waals surface area contributed by atoms with Gasteiger partial charge in [0.1, 0.15) is 0 Å². The third-order valence-electron chi connectivity index (χ3n) is 3.59. The number of benzene rings is 2. The number of hydrogen-bond acceptors (Lipinski definition) is 2. The fourth-order valence-electron chi connectivity index (χ4n) is 2.30. The first-order valence-electron chi connectivity index (χ1n) is 7.28. The van der Waals surface area contributed by atoms with E-state index in [1.807, 2.05) is 42.5 Å². The quantitative estimate of drug-likeness (QED) is 0.860. The first-order chi connectivity index (χ1) is 10.2. The molecular weight excluding hydrogens is 296 g/mol. The zero-order valence-electron chi connectivity index (χ0n) is 12.8. The number of carbonyl (C=O) groups is 1. The van der Waals surface area contributed by atoms with Crippen molar-refractivity contribution in [2.75, 3.05) is 6.54 Å². The number of hydrogen-bond donors (Lipinski definition) is 2. The van der Waals surface area contributed by atoms with Crippen LogP contribution in [0.3, 0.4) is 0 Å². The molecule has 0 saturated carbocycles. The predicted octanol–water partition coefficient (Wildman–Crippen LogP) is 2.65. The molecule has 22 heavy (non-hydrogen) atoms. The highest BCUT2D eigenvalue weighted by molar-refractivity contribution is 5.85. The summed E-state index contributed by atoms with van der Waals surface area (Å²) in [6.45, 7) is 2.70. The molecule has 0 aromatic heterocycles. The molecule has 0 radical (unpaired) electrons. The van der Waals surface area contributed by atoms with Crippen molar-refractivity contribution in [3.63, 3.8) is 0 Å². The van der Waals surface area contributed by atoms with E-state index in [9.17, 15) is 4.79 Å². The van der Waals surface area contributed by atoms with Crippen LogP contribution in [0.15, 0.2) is 54.6 Å². The van der Waals surface area contributed by atoms with Crippen molar-refractivity contribution < 1.29 is 4.79 Å². The van der Waals surface area contributed by atoms with Crippen LogP contribution in [-0.2, 0) is 17.6 Å². The van der Waals surface area contributed by atoms with Crippen molar-refractivity contribution >= 4 is 18.3 Å². The zero-order chi connectivity index (χ0) is 15.1. The van der Waals surface area contributed by atoms with E-state index in [2.05, 4.69) is 24.4 Å². The number of rotatable bonds is 6. The average Bonchev–Trinajstić information content (AvgIpc) is 2.50. The molecule has 0 aliphatic rings. The van der Waals surface area contributed by atoms with E-state index in [0.717, 1.165) is 12.0 Å². The van der Waals surface area contributed by atoms with E-state index in [1.165, 1.54) is 11.1 Å². The predicted molar refractivity (Wildman–Crippen MR) is 93.3 cm³/mol. The lowest BCUT2D eigenvalue weighted by Gasteiger charge is -2.13. The summed E-state index contributed by atoms with van der Waals surface area (Å²) >= 11 is 0. The highest BCUT2D eigenvalue weighted by Gasteiger charge is 2.13. The second-order valence-corrected chi connectivity index (χ2v) is 5.26. The van der Waals surface area contributed by atoms with Crippen molar-refractivity contribution in [1.29, 1.82) is 0 Å². The Labute approximate surface area is 138 Å². The summed E-state index contributed by atoms with van der Waals surface area (Å²) in [7, 11) is 0. The normalized spacial score (nSPS) is 11.4. The van der Waals surface area contributed by atoms with Gasteiger partial charge in [-0.3, -0.25) is 4.79 Å². The molecule has 4 heteroatoms. The van der Waals surface area contributed by atoms with E-state index >= 15 is 0 Å². The molecule has 2 aromatic carbocycles. The smallest absolute Gasteiger partial charge is 0.237 e. The van der Waals surface area contributed by atoms with Gasteiger partial charge in [-0.05, 0) is 36.5 Å². The van der Waals surface area contributed by atoms with E-state index in [0.29, 0.717) is 13.0 Å². The van der Waals surface area contributed by atoms with Gasteiger partial charge in [0, 0.05) is 6.54 Å². The number of carbonyl (C=O) groups excluding carboxylic acids is 1. The SMILES string of the molecule is Cc1ccccc1CCNC(=O)C(N)Cc1ccccc1.Cl. The zero-order valence-corrected chi connectivity index (χ0v) is 13.6. The van der Waals surface area contributed by atoms with Gasteiger partial charge < -0.3 is 11.1 Å². The molecule has 0 aliphatic carbocycles. The van der Waals surface area contributed by atoms with E-state index in [4.69, 9.17) is 5.73 Å². The molecular formula is C18H23ClN2O. The lowest BCUT2D eigenvalue weighted by molar-refractivity contribution is -0.122. The van der Waals surface area contributed by atoms with Crippen molar-refractivity contribution in [1.82, 2.24) is 5.32 Å². The molecule has 2 aromatic rings. The molecule has 0 spiro atoms. The summed E-state index contributed by atoms with van der Waals surface area (Å²) in [5.41, 5.74) is 9.54. The molecule has 0 saturated heterocycles. The van der Waals surface area contributed by atoms with Crippen LogP contribution in [0.5, 0.6) is 0 Å². The summed E-state index contributed by atoms with van der Waals surface area (Å²) in [6, 6.07) is 17.6. The fraction of sp³-hybridized carbons (Fsp3) is 0.278. The molecule has 0 heterocycles. The summed E-state index contributed by atoms with van der Waals surface area (Å²) < 4.78 is 0. The monoisotopic (exact) mass is 318 g/mol. The van der Waals surface area contributed by atoms with Crippen molar-refractivity contribution in [3.05, 3.63) is 71.3 Å². The van der Waals surface area contributed by atoms with Crippen LogP contribution in [0.4, 0.5) is 0 Å². The van der Waals surface area contributed by atoms with Gasteiger partial charge in [0.2, 0.25) is 5.91 Å². The molecule has 1 amide bonds. The largest absolute Gasteiger partial charge is 0.354 e. The highest BCUT2D eigenvalue weighted by atomic mass is 35.5. The molecule has 3 nitrogen and oxygen atoms in total. The summed E-state index contributed by atoms with van der Waals surface area (Å²) in [5, 5.41) is 2.91. The molecule has 0 fully saturated rings. The topological polar surface area (TPSA) is 55.1 Å². The Balaban J connectivity index is 0.00000242. The van der Waals surface area contributed by atoms with Crippen LogP contribution in [0.1, 0.15) is 16.7 Å². The Morgan fingerprint density at radius 2 is 1.73 bits per heavy atom. The maximum absolute atomic E-state index is 12.0. The van der Waals surface area contributed by atoms with Crippen LogP contribution in [0.25, 0.3) is 0 Å². The van der Waals surface area contributed by atoms with Gasteiger partial charge in [-0.1, -0.05) is 54.6 Å². The van der Waals surface area contributed by atoms with Gasteiger partial charge in [0.25, 0.3) is 0 Å². The van der Waals surface area contributed by atoms with E-state index in [-0.39, 0.29) is 18.3 Å². The minimum Gasteiger partial charge on any atom is -0.354 e. The van der Waals surface area contributed by atoms with Crippen LogP contribution >= 0.6 is 12.4 Å². The number of halogens is 1. The molecule has 2 rings (SSSR count). The summed E-state index contributed by atoms with van der Waals surface area (Å²) in [4.78, 5) is 12.0. The van der Waals surface area contributed by atoms with Gasteiger partial charge in [-0.25, -0.2) is 0 Å². The molecule has 1 atom stereocenters. The second kappa shape index (κ2) is 9.23. The van der Waals surface area contributed by atoms with Crippen LogP contribution in [0, 0.1) is 6.92 Å². The number of nitrogens with two attached hydrogens (primary N) is 1. The maximum atomic E-state index is 12.0. The third-order valence-corrected chi connectivity index (χ3v) is 3.59. The Morgan fingerprint density at radius 1 is 1.09 bits per heavy atom. The molecule has 0 aliphatic heterocycles. The van der Waals surface area contributed by atoms with Crippen LogP contribution < -0.4 is 11.1 Å². The first-order valence-corrected chi connectivity index (χ1v) is 7.28. The number of nitrogens with one attached hydrogen (secondary N) is 1. The minimum atomic E-state index is -0.496. The fourth-order valence-corrected chi connectivity index (χ4v) is 2.30. The van der Waals surface area contributed by atoms with Gasteiger partial charge in [-0.2, -0.15) is 0 Å². The molecule has 0 bridgehead atoms. The van der Waals surface area contributed by atoms with Crippen molar-refractivity contribution in [3.8, 4) is 0 Å². The summed E-state index contributed by atoms with van der Waals surface area (Å²) in [6.07, 6.45) is 1.40. The van der Waals surface area contributed by atoms with Crippen molar-refractivity contribution in [2.24, 2.45) is 5.73 Å². The number of amides is 1. The Bertz CT molecular complexity index is 587. The average molecular weight is 319 g/mol. The standard InChI is InChI=1S/C18H22N2O.ClH/c1-14-7-5-6-10-16(14)11-12-20-18(21)17(19)13-15-8-3-2-4-9-15;/h2-10,17H,11-13,19H2,1H3,(H,20,21);1H. The lowest BCUT2D eigenvalue weighted by atomic mass is 10.0. The Kier molecular flexibility index (Phi) is 7.64. The van der Waals surface area contributed by atoms with Gasteiger partial charge in [0.15, 0.2) is 0 Å². The molecule has 3 N–H and O–H groups in total. The van der Waals surface area contributed by atoms with E-state index in [1.54, 1.807) is 0 Å². The Hall–Kier alpha value is -1.84. The second-order valence-electron chi connectivity index (χ2n) is 5.26. The maximum Gasteiger partial charge on any atom is 0.237 e. The minimum absolute atomic E-state index is 0. The molecule has 1 unspecified atom stereocenters. The van der Waals surface area contributed by atoms with Crippen LogP contribution in [0.2, 0.25) is 0 Å². The van der Waals surface area contributed by atoms with Gasteiger partial charge in [0.05, 0.1) is 6.04 Å².